The highest BCUT2D eigenvalue weighted by molar-refractivity contribution is 8.26. The van der Waals surface area contributed by atoms with Crippen molar-refractivity contribution in [1.82, 2.24) is 4.90 Å². The Balaban J connectivity index is 2.00. The summed E-state index contributed by atoms with van der Waals surface area (Å²) in [5, 5.41) is 1.33. The Morgan fingerprint density at radius 2 is 2.10 bits per heavy atom. The topological polar surface area (TPSA) is 49.1 Å². The Kier molecular flexibility index (Phi) is 1.32. The number of nitrogens with zero attached hydrogens (tertiary/aromatic N) is 1. The van der Waals surface area contributed by atoms with Gasteiger partial charge in [0.2, 0.25) is 0 Å². The maximum Gasteiger partial charge on any atom is 0.0410 e. The van der Waals surface area contributed by atoms with Gasteiger partial charge in [-0.3, -0.25) is 4.90 Å². The fraction of sp³-hybridized carbons (Fsp3) is 0.667. The highest BCUT2D eigenvalue weighted by Gasteiger charge is 2.27. The average Bonchev–Trinajstić information content (AvgIpc) is 2.59. The number of rotatable bonds is 1. The number of hydrogen-bond acceptors (Lipinski definition) is 3. The van der Waals surface area contributed by atoms with E-state index in [1.165, 1.54) is 5.41 Å². The zero-order valence-corrected chi connectivity index (χ0v) is 6.34. The molecule has 0 aromatic carbocycles. The van der Waals surface area contributed by atoms with Crippen molar-refractivity contribution in [3.8, 4) is 0 Å². The summed E-state index contributed by atoms with van der Waals surface area (Å²) in [6, 6.07) is 0.185. The molecule has 3 nitrogen and oxygen atoms in total. The molecule has 58 valence electrons. The quantitative estimate of drug-likeness (QED) is 0.516. The second kappa shape index (κ2) is 1.98. The van der Waals surface area contributed by atoms with Crippen LogP contribution in [0.25, 0.3) is 0 Å². The molecule has 1 saturated heterocycles. The highest BCUT2D eigenvalue weighted by Crippen LogP contribution is 2.46. The second-order valence-corrected chi connectivity index (χ2v) is 4.69. The fourth-order valence-electron chi connectivity index (χ4n) is 1.18. The maximum atomic E-state index is 10.9. The SMILES string of the molecule is [O-]S1([O-])C=CC(N2CC2)C1. The smallest absolute Gasteiger partial charge is 0.0410 e. The lowest BCUT2D eigenvalue weighted by molar-refractivity contribution is 0.440. The van der Waals surface area contributed by atoms with Crippen molar-refractivity contribution in [3.05, 3.63) is 11.5 Å². The van der Waals surface area contributed by atoms with Crippen molar-refractivity contribution >= 4 is 10.6 Å². The zero-order chi connectivity index (χ0) is 7.19. The van der Waals surface area contributed by atoms with Gasteiger partial charge in [0.1, 0.15) is 0 Å². The molecule has 0 amide bonds. The van der Waals surface area contributed by atoms with Crippen LogP contribution in [0.15, 0.2) is 11.5 Å². The van der Waals surface area contributed by atoms with Crippen molar-refractivity contribution in [3.63, 3.8) is 0 Å². The van der Waals surface area contributed by atoms with Gasteiger partial charge in [0.05, 0.1) is 0 Å². The highest BCUT2D eigenvalue weighted by atomic mass is 32.3. The molecule has 0 spiro atoms. The molecule has 4 heteroatoms. The van der Waals surface area contributed by atoms with E-state index in [1.54, 1.807) is 6.08 Å². The van der Waals surface area contributed by atoms with Crippen LogP contribution in [-0.2, 0) is 0 Å². The molecule has 10 heavy (non-hydrogen) atoms. The van der Waals surface area contributed by atoms with Gasteiger partial charge in [0, 0.05) is 19.1 Å². The van der Waals surface area contributed by atoms with Crippen molar-refractivity contribution < 1.29 is 9.11 Å². The van der Waals surface area contributed by atoms with E-state index in [9.17, 15) is 9.11 Å². The van der Waals surface area contributed by atoms with Crippen LogP contribution >= 0.6 is 10.6 Å². The van der Waals surface area contributed by atoms with E-state index in [4.69, 9.17) is 0 Å². The van der Waals surface area contributed by atoms with Crippen LogP contribution in [0.5, 0.6) is 0 Å². The zero-order valence-electron chi connectivity index (χ0n) is 5.53. The largest absolute Gasteiger partial charge is 0.796 e. The summed E-state index contributed by atoms with van der Waals surface area (Å²) in [6.45, 7) is 2.12. The normalized spacial score (nSPS) is 40.0. The van der Waals surface area contributed by atoms with Crippen LogP contribution in [0.2, 0.25) is 0 Å². The van der Waals surface area contributed by atoms with E-state index in [1.807, 2.05) is 0 Å². The van der Waals surface area contributed by atoms with Crippen LogP contribution in [0.4, 0.5) is 0 Å². The minimum absolute atomic E-state index is 0.185. The van der Waals surface area contributed by atoms with Crippen molar-refractivity contribution in [2.45, 2.75) is 6.04 Å². The van der Waals surface area contributed by atoms with E-state index in [-0.39, 0.29) is 6.04 Å². The van der Waals surface area contributed by atoms with Crippen LogP contribution in [0.1, 0.15) is 0 Å². The Morgan fingerprint density at radius 3 is 2.50 bits per heavy atom. The third-order valence-corrected chi connectivity index (χ3v) is 3.24. The van der Waals surface area contributed by atoms with Crippen molar-refractivity contribution in [2.24, 2.45) is 0 Å². The minimum atomic E-state index is -2.82. The monoisotopic (exact) mass is 159 g/mol. The predicted molar refractivity (Wildman–Crippen MR) is 38.5 cm³/mol. The first-order valence-corrected chi connectivity index (χ1v) is 5.04. The Labute approximate surface area is 61.7 Å². The number of hydrogen-bond donors (Lipinski definition) is 0. The van der Waals surface area contributed by atoms with Gasteiger partial charge in [-0.25, -0.2) is 0 Å². The summed E-state index contributed by atoms with van der Waals surface area (Å²) in [4.78, 5) is 2.14. The summed E-state index contributed by atoms with van der Waals surface area (Å²) in [5.41, 5.74) is 0. The van der Waals surface area contributed by atoms with Crippen molar-refractivity contribution in [2.75, 3.05) is 18.8 Å². The molecule has 2 aliphatic rings. The van der Waals surface area contributed by atoms with E-state index in [2.05, 4.69) is 4.90 Å². The molecule has 0 aromatic rings. The molecular formula is C6H9NO2S-2. The lowest BCUT2D eigenvalue weighted by Gasteiger charge is -2.55. The molecule has 0 saturated carbocycles. The molecule has 0 aliphatic carbocycles. The third kappa shape index (κ3) is 1.20. The first kappa shape index (κ1) is 6.67. The van der Waals surface area contributed by atoms with E-state index in [0.717, 1.165) is 13.1 Å². The molecule has 0 N–H and O–H groups in total. The lowest BCUT2D eigenvalue weighted by Crippen LogP contribution is -2.18. The average molecular weight is 159 g/mol. The van der Waals surface area contributed by atoms with Crippen LogP contribution in [0.3, 0.4) is 0 Å². The standard InChI is InChI=1S/C6H11NO2S/c8-10(9)4-1-6(5-10)7-2-3-7/h1,4,6,8-9H,2-3,5H2/p-2. The van der Waals surface area contributed by atoms with Gasteiger partial charge in [-0.05, 0) is 5.75 Å². The lowest BCUT2D eigenvalue weighted by atomic mass is 10.3. The van der Waals surface area contributed by atoms with Gasteiger partial charge < -0.3 is 19.7 Å². The van der Waals surface area contributed by atoms with E-state index < -0.39 is 10.6 Å². The molecular weight excluding hydrogens is 150 g/mol. The molecule has 2 rings (SSSR count). The van der Waals surface area contributed by atoms with Gasteiger partial charge >= 0.3 is 0 Å². The number of sulfone groups is 1. The summed E-state index contributed by atoms with van der Waals surface area (Å²) in [5.74, 6) is 0.299. The summed E-state index contributed by atoms with van der Waals surface area (Å²) in [7, 11) is -2.82. The predicted octanol–water partition coefficient (Wildman–Crippen LogP) is 0.263. The van der Waals surface area contributed by atoms with Crippen molar-refractivity contribution in [1.29, 1.82) is 0 Å². The first-order valence-electron chi connectivity index (χ1n) is 3.32. The molecule has 2 heterocycles. The fourth-order valence-corrected chi connectivity index (χ4v) is 2.51. The Bertz CT molecular complexity index is 177. The molecule has 1 fully saturated rings. The maximum absolute atomic E-state index is 10.9. The van der Waals surface area contributed by atoms with Gasteiger partial charge in [0.25, 0.3) is 0 Å². The summed E-state index contributed by atoms with van der Waals surface area (Å²) in [6.07, 6.45) is 1.78. The molecule has 1 atom stereocenters. The molecule has 2 aliphatic heterocycles. The van der Waals surface area contributed by atoms with Gasteiger partial charge in [-0.15, -0.1) is 0 Å². The Hall–Kier alpha value is -0.0300. The molecule has 0 radical (unpaired) electrons. The van der Waals surface area contributed by atoms with Crippen LogP contribution in [0, 0.1) is 0 Å². The van der Waals surface area contributed by atoms with Gasteiger partial charge in [-0.1, -0.05) is 11.5 Å². The molecule has 0 bridgehead atoms. The minimum Gasteiger partial charge on any atom is -0.796 e. The van der Waals surface area contributed by atoms with Gasteiger partial charge in [-0.2, -0.15) is 0 Å². The summed E-state index contributed by atoms with van der Waals surface area (Å²) < 4.78 is 21.7. The second-order valence-electron chi connectivity index (χ2n) is 2.76. The van der Waals surface area contributed by atoms with E-state index in [0.29, 0.717) is 5.75 Å². The summed E-state index contributed by atoms with van der Waals surface area (Å²) >= 11 is 0. The van der Waals surface area contributed by atoms with Gasteiger partial charge in [0.15, 0.2) is 0 Å². The van der Waals surface area contributed by atoms with E-state index >= 15 is 0 Å². The van der Waals surface area contributed by atoms with Crippen LogP contribution in [-0.4, -0.2) is 38.9 Å². The first-order chi connectivity index (χ1) is 4.67. The third-order valence-electron chi connectivity index (χ3n) is 1.86. The Morgan fingerprint density at radius 1 is 1.40 bits per heavy atom. The van der Waals surface area contributed by atoms with Crippen LogP contribution < -0.4 is 0 Å². The molecule has 1 unspecified atom stereocenters. The molecule has 0 aromatic heterocycles.